The van der Waals surface area contributed by atoms with Crippen molar-refractivity contribution in [2.75, 3.05) is 12.4 Å². The number of halogens is 7. The molecule has 1 aromatic carbocycles. The second-order valence-corrected chi connectivity index (χ2v) is 6.15. The van der Waals surface area contributed by atoms with Crippen molar-refractivity contribution in [2.24, 2.45) is 5.41 Å². The molecule has 0 heterocycles. The van der Waals surface area contributed by atoms with Crippen LogP contribution in [0, 0.1) is 28.7 Å². The molecule has 0 atom stereocenters. The van der Waals surface area contributed by atoms with E-state index in [0.717, 1.165) is 7.11 Å². The van der Waals surface area contributed by atoms with Gasteiger partial charge in [-0.2, -0.15) is 13.2 Å². The zero-order chi connectivity index (χ0) is 20.4. The molecule has 11 heteroatoms. The van der Waals surface area contributed by atoms with Crippen LogP contribution < -0.4 is 5.32 Å². The predicted molar refractivity (Wildman–Crippen MR) is 74.9 cm³/mol. The fourth-order valence-electron chi connectivity index (χ4n) is 2.13. The van der Waals surface area contributed by atoms with Crippen molar-refractivity contribution in [3.05, 3.63) is 28.8 Å². The maximum atomic E-state index is 13.7. The average molecular weight is 389 g/mol. The molecule has 0 aliphatic carbocycles. The number of amides is 1. The summed E-state index contributed by atoms with van der Waals surface area (Å²) in [5.74, 6) is -12.0. The molecule has 4 nitrogen and oxygen atoms in total. The summed E-state index contributed by atoms with van der Waals surface area (Å²) in [5.41, 5.74) is -5.49. The minimum Gasteiger partial charge on any atom is -0.469 e. The lowest BCUT2D eigenvalue weighted by molar-refractivity contribution is -0.144. The molecule has 1 rings (SSSR count). The molecule has 26 heavy (non-hydrogen) atoms. The summed E-state index contributed by atoms with van der Waals surface area (Å²) in [6.45, 7) is 2.84. The largest absolute Gasteiger partial charge is 0.469 e. The van der Waals surface area contributed by atoms with Crippen LogP contribution >= 0.6 is 0 Å². The van der Waals surface area contributed by atoms with E-state index in [9.17, 15) is 40.3 Å². The third-order valence-electron chi connectivity index (χ3n) is 3.30. The molecule has 0 radical (unpaired) electrons. The number of methoxy groups -OCH3 is 1. The van der Waals surface area contributed by atoms with Gasteiger partial charge in [-0.05, 0) is 5.41 Å². The van der Waals surface area contributed by atoms with E-state index in [1.807, 2.05) is 0 Å². The Balaban J connectivity index is 3.15. The zero-order valence-corrected chi connectivity index (χ0v) is 13.8. The van der Waals surface area contributed by atoms with Crippen molar-refractivity contribution in [1.82, 2.24) is 0 Å². The quantitative estimate of drug-likeness (QED) is 0.467. The van der Waals surface area contributed by atoms with Gasteiger partial charge < -0.3 is 10.1 Å². The summed E-state index contributed by atoms with van der Waals surface area (Å²) in [7, 11) is 1.09. The fraction of sp³-hybridized carbons (Fsp3) is 0.467. The summed E-state index contributed by atoms with van der Waals surface area (Å²) >= 11 is 0. The Kier molecular flexibility index (Phi) is 6.26. The van der Waals surface area contributed by atoms with Crippen molar-refractivity contribution in [1.29, 1.82) is 0 Å². The SMILES string of the molecule is COC(=O)CC(C)(C)CC(=O)Nc1c(F)c(F)c(C(F)(F)F)c(F)c1F. The Hall–Kier alpha value is -2.33. The average Bonchev–Trinajstić information content (AvgIpc) is 2.47. The Morgan fingerprint density at radius 2 is 1.38 bits per heavy atom. The van der Waals surface area contributed by atoms with Gasteiger partial charge in [0.2, 0.25) is 5.91 Å². The van der Waals surface area contributed by atoms with Gasteiger partial charge in [0.15, 0.2) is 23.3 Å². The second-order valence-electron chi connectivity index (χ2n) is 6.15. The predicted octanol–water partition coefficient (Wildman–Crippen LogP) is 4.18. The Bertz CT molecular complexity index is 700. The summed E-state index contributed by atoms with van der Waals surface area (Å²) < 4.78 is 96.3. The van der Waals surface area contributed by atoms with Gasteiger partial charge in [0.1, 0.15) is 11.3 Å². The van der Waals surface area contributed by atoms with Crippen LogP contribution in [0.5, 0.6) is 0 Å². The highest BCUT2D eigenvalue weighted by Crippen LogP contribution is 2.38. The van der Waals surface area contributed by atoms with Gasteiger partial charge >= 0.3 is 12.1 Å². The van der Waals surface area contributed by atoms with E-state index in [1.165, 1.54) is 19.2 Å². The number of nitrogens with one attached hydrogen (secondary N) is 1. The lowest BCUT2D eigenvalue weighted by Gasteiger charge is -2.22. The molecule has 0 saturated heterocycles. The third kappa shape index (κ3) is 4.85. The highest BCUT2D eigenvalue weighted by atomic mass is 19.4. The number of benzene rings is 1. The summed E-state index contributed by atoms with van der Waals surface area (Å²) in [4.78, 5) is 23.1. The first-order chi connectivity index (χ1) is 11.7. The van der Waals surface area contributed by atoms with Gasteiger partial charge in [-0.25, -0.2) is 17.6 Å². The van der Waals surface area contributed by atoms with Crippen LogP contribution in [0.15, 0.2) is 0 Å². The minimum absolute atomic E-state index is 0.266. The molecule has 0 saturated carbocycles. The lowest BCUT2D eigenvalue weighted by atomic mass is 9.85. The van der Waals surface area contributed by atoms with Crippen LogP contribution in [-0.4, -0.2) is 19.0 Å². The van der Waals surface area contributed by atoms with Gasteiger partial charge in [-0.15, -0.1) is 0 Å². The van der Waals surface area contributed by atoms with Gasteiger partial charge in [0.05, 0.1) is 13.5 Å². The maximum Gasteiger partial charge on any atom is 0.422 e. The normalized spacial score (nSPS) is 12.1. The van der Waals surface area contributed by atoms with E-state index < -0.39 is 64.4 Å². The lowest BCUT2D eigenvalue weighted by Crippen LogP contribution is -2.26. The molecule has 1 aromatic rings. The molecule has 146 valence electrons. The van der Waals surface area contributed by atoms with Crippen LogP contribution in [0.4, 0.5) is 36.4 Å². The van der Waals surface area contributed by atoms with Crippen molar-refractivity contribution in [3.63, 3.8) is 0 Å². The number of hydrogen-bond acceptors (Lipinski definition) is 3. The first-order valence-electron chi connectivity index (χ1n) is 7.01. The highest BCUT2D eigenvalue weighted by molar-refractivity contribution is 5.91. The van der Waals surface area contributed by atoms with Crippen molar-refractivity contribution in [2.45, 2.75) is 32.9 Å². The molecule has 0 aliphatic rings. The first kappa shape index (κ1) is 21.7. The van der Waals surface area contributed by atoms with Crippen molar-refractivity contribution >= 4 is 17.6 Å². The number of carbonyl (C=O) groups is 2. The van der Waals surface area contributed by atoms with E-state index >= 15 is 0 Å². The fourth-order valence-corrected chi connectivity index (χ4v) is 2.13. The van der Waals surface area contributed by atoms with E-state index in [1.54, 1.807) is 0 Å². The first-order valence-corrected chi connectivity index (χ1v) is 7.01. The smallest absolute Gasteiger partial charge is 0.422 e. The van der Waals surface area contributed by atoms with Gasteiger partial charge in [0.25, 0.3) is 0 Å². The van der Waals surface area contributed by atoms with Crippen LogP contribution in [0.3, 0.4) is 0 Å². The van der Waals surface area contributed by atoms with Gasteiger partial charge in [-0.3, -0.25) is 9.59 Å². The third-order valence-corrected chi connectivity index (χ3v) is 3.30. The molecule has 1 N–H and O–H groups in total. The second kappa shape index (κ2) is 7.50. The van der Waals surface area contributed by atoms with E-state index in [0.29, 0.717) is 0 Å². The van der Waals surface area contributed by atoms with Gasteiger partial charge in [0, 0.05) is 6.42 Å². The number of anilines is 1. The summed E-state index contributed by atoms with van der Waals surface area (Å²) in [6, 6.07) is 0. The van der Waals surface area contributed by atoms with Crippen LogP contribution in [0.2, 0.25) is 0 Å². The molecule has 0 aliphatic heterocycles. The molecule has 0 aromatic heterocycles. The number of esters is 1. The Labute approximate surface area is 143 Å². The van der Waals surface area contributed by atoms with Crippen LogP contribution in [0.25, 0.3) is 0 Å². The number of carbonyl (C=O) groups excluding carboxylic acids is 2. The molecule has 1 amide bonds. The van der Waals surface area contributed by atoms with Crippen molar-refractivity contribution in [3.8, 4) is 0 Å². The topological polar surface area (TPSA) is 55.4 Å². The van der Waals surface area contributed by atoms with Crippen LogP contribution in [-0.2, 0) is 20.5 Å². The summed E-state index contributed by atoms with van der Waals surface area (Å²) in [6.07, 6.45) is -6.48. The maximum absolute atomic E-state index is 13.7. The number of rotatable bonds is 5. The minimum atomic E-state index is -5.68. The zero-order valence-electron chi connectivity index (χ0n) is 13.8. The Morgan fingerprint density at radius 1 is 0.923 bits per heavy atom. The Morgan fingerprint density at radius 3 is 1.77 bits per heavy atom. The summed E-state index contributed by atoms with van der Waals surface area (Å²) in [5, 5.41) is 1.50. The van der Waals surface area contributed by atoms with E-state index in [4.69, 9.17) is 0 Å². The molecule has 0 unspecified atom stereocenters. The molecular formula is C15H14F7NO3. The standard InChI is InChI=1S/C15H14F7NO3/c1-14(2,5-7(25)26-3)4-6(24)23-13-11(18)9(16)8(15(20,21)22)10(17)12(13)19/h4-5H2,1-3H3,(H,23,24). The van der Waals surface area contributed by atoms with Crippen LogP contribution in [0.1, 0.15) is 32.3 Å². The molecule has 0 bridgehead atoms. The highest BCUT2D eigenvalue weighted by Gasteiger charge is 2.42. The number of ether oxygens (including phenoxy) is 1. The molecule has 0 fully saturated rings. The van der Waals surface area contributed by atoms with Crippen molar-refractivity contribution < 1.29 is 45.1 Å². The monoisotopic (exact) mass is 389 g/mol. The number of alkyl halides is 3. The van der Waals surface area contributed by atoms with E-state index in [-0.39, 0.29) is 6.42 Å². The van der Waals surface area contributed by atoms with Gasteiger partial charge in [-0.1, -0.05) is 13.8 Å². The molecular weight excluding hydrogens is 375 g/mol. The number of hydrogen-bond donors (Lipinski definition) is 1. The van der Waals surface area contributed by atoms with E-state index in [2.05, 4.69) is 4.74 Å². The molecule has 0 spiro atoms.